The standard InChI is InChI=1S/C11H16Cl2N4/c12-10-7-9(11(13)16-15-10)17-5-2-8(1-4-14)3-6-17/h7-8H,1-6,14H2. The summed E-state index contributed by atoms with van der Waals surface area (Å²) in [5.41, 5.74) is 6.47. The van der Waals surface area contributed by atoms with Gasteiger partial charge in [-0.05, 0) is 31.7 Å². The van der Waals surface area contributed by atoms with Gasteiger partial charge in [-0.15, -0.1) is 10.2 Å². The maximum Gasteiger partial charge on any atom is 0.175 e. The topological polar surface area (TPSA) is 55.0 Å². The number of piperidine rings is 1. The third-order valence-electron chi connectivity index (χ3n) is 3.23. The second-order valence-corrected chi connectivity index (χ2v) is 5.10. The molecule has 0 spiro atoms. The van der Waals surface area contributed by atoms with Crippen molar-refractivity contribution in [1.82, 2.24) is 10.2 Å². The van der Waals surface area contributed by atoms with Crippen LogP contribution in [0.2, 0.25) is 10.3 Å². The van der Waals surface area contributed by atoms with Gasteiger partial charge in [-0.1, -0.05) is 23.2 Å². The molecule has 0 bridgehead atoms. The third kappa shape index (κ3) is 3.21. The molecule has 0 radical (unpaired) electrons. The number of halogens is 2. The lowest BCUT2D eigenvalue weighted by Crippen LogP contribution is -2.34. The predicted octanol–water partition coefficient (Wildman–Crippen LogP) is 2.35. The molecule has 1 aromatic heterocycles. The Kier molecular flexibility index (Phi) is 4.42. The van der Waals surface area contributed by atoms with E-state index in [0.29, 0.717) is 10.3 Å². The lowest BCUT2D eigenvalue weighted by molar-refractivity contribution is 0.386. The van der Waals surface area contributed by atoms with Gasteiger partial charge in [0.1, 0.15) is 0 Å². The number of nitrogens with zero attached hydrogens (tertiary/aromatic N) is 3. The van der Waals surface area contributed by atoms with E-state index >= 15 is 0 Å². The number of aromatic nitrogens is 2. The van der Waals surface area contributed by atoms with Crippen molar-refractivity contribution in [3.05, 3.63) is 16.4 Å². The van der Waals surface area contributed by atoms with Crippen LogP contribution >= 0.6 is 23.2 Å². The lowest BCUT2D eigenvalue weighted by Gasteiger charge is -2.33. The molecule has 1 saturated heterocycles. The van der Waals surface area contributed by atoms with E-state index in [1.165, 1.54) is 0 Å². The number of hydrogen-bond donors (Lipinski definition) is 1. The first-order valence-corrected chi connectivity index (χ1v) is 6.60. The Morgan fingerprint density at radius 2 is 2.00 bits per heavy atom. The van der Waals surface area contributed by atoms with Crippen LogP contribution in [0.15, 0.2) is 6.07 Å². The van der Waals surface area contributed by atoms with Gasteiger partial charge < -0.3 is 10.6 Å². The molecule has 0 saturated carbocycles. The van der Waals surface area contributed by atoms with Crippen LogP contribution in [0.25, 0.3) is 0 Å². The van der Waals surface area contributed by atoms with E-state index in [2.05, 4.69) is 15.1 Å². The fourth-order valence-corrected chi connectivity index (χ4v) is 2.62. The van der Waals surface area contributed by atoms with Gasteiger partial charge in [0.05, 0.1) is 5.69 Å². The normalized spacial score (nSPS) is 17.5. The maximum atomic E-state index is 6.03. The zero-order chi connectivity index (χ0) is 12.3. The minimum absolute atomic E-state index is 0.383. The predicted molar refractivity (Wildman–Crippen MR) is 70.7 cm³/mol. The molecule has 94 valence electrons. The summed E-state index contributed by atoms with van der Waals surface area (Å²) >= 11 is 11.9. The van der Waals surface area contributed by atoms with Gasteiger partial charge in [-0.3, -0.25) is 0 Å². The molecule has 0 aliphatic carbocycles. The summed E-state index contributed by atoms with van der Waals surface area (Å²) in [6.45, 7) is 2.73. The molecule has 0 amide bonds. The van der Waals surface area contributed by atoms with Crippen molar-refractivity contribution >= 4 is 28.9 Å². The quantitative estimate of drug-likeness (QED) is 0.920. The Balaban J connectivity index is 2.02. The Bertz CT molecular complexity index is 378. The molecule has 4 nitrogen and oxygen atoms in total. The van der Waals surface area contributed by atoms with E-state index < -0.39 is 0 Å². The first-order chi connectivity index (χ1) is 8.20. The smallest absolute Gasteiger partial charge is 0.175 e. The van der Waals surface area contributed by atoms with Gasteiger partial charge in [-0.25, -0.2) is 0 Å². The maximum absolute atomic E-state index is 6.03. The Morgan fingerprint density at radius 1 is 1.29 bits per heavy atom. The van der Waals surface area contributed by atoms with Crippen molar-refractivity contribution < 1.29 is 0 Å². The zero-order valence-corrected chi connectivity index (χ0v) is 11.1. The van der Waals surface area contributed by atoms with E-state index in [0.717, 1.165) is 50.5 Å². The molecular weight excluding hydrogens is 259 g/mol. The van der Waals surface area contributed by atoms with E-state index in [-0.39, 0.29) is 0 Å². The highest BCUT2D eigenvalue weighted by Crippen LogP contribution is 2.30. The molecule has 2 rings (SSSR count). The molecule has 0 aromatic carbocycles. The molecule has 1 fully saturated rings. The summed E-state index contributed by atoms with van der Waals surface area (Å²) in [5, 5.41) is 8.36. The van der Waals surface area contributed by atoms with Crippen LogP contribution in [0.1, 0.15) is 19.3 Å². The largest absolute Gasteiger partial charge is 0.369 e. The number of nitrogens with two attached hydrogens (primary N) is 1. The molecule has 1 aromatic rings. The van der Waals surface area contributed by atoms with Crippen molar-refractivity contribution in [3.8, 4) is 0 Å². The van der Waals surface area contributed by atoms with Crippen molar-refractivity contribution in [2.24, 2.45) is 11.7 Å². The fourth-order valence-electron chi connectivity index (χ4n) is 2.26. The van der Waals surface area contributed by atoms with Gasteiger partial charge in [0, 0.05) is 19.2 Å². The molecule has 17 heavy (non-hydrogen) atoms. The highest BCUT2D eigenvalue weighted by atomic mass is 35.5. The number of rotatable bonds is 3. The third-order valence-corrected chi connectivity index (χ3v) is 3.68. The molecule has 6 heteroatoms. The molecule has 2 N–H and O–H groups in total. The molecule has 2 heterocycles. The van der Waals surface area contributed by atoms with Crippen molar-refractivity contribution in [3.63, 3.8) is 0 Å². The minimum Gasteiger partial charge on any atom is -0.369 e. The highest BCUT2D eigenvalue weighted by Gasteiger charge is 2.21. The van der Waals surface area contributed by atoms with Crippen LogP contribution in [0.5, 0.6) is 0 Å². The zero-order valence-electron chi connectivity index (χ0n) is 9.57. The van der Waals surface area contributed by atoms with Crippen LogP contribution in [-0.2, 0) is 0 Å². The molecule has 0 unspecified atom stereocenters. The number of anilines is 1. The first kappa shape index (κ1) is 12.9. The van der Waals surface area contributed by atoms with Gasteiger partial charge in [0.2, 0.25) is 0 Å². The molecular formula is C11H16Cl2N4. The van der Waals surface area contributed by atoms with Crippen LogP contribution in [0, 0.1) is 5.92 Å². The van der Waals surface area contributed by atoms with Gasteiger partial charge in [0.15, 0.2) is 10.3 Å². The van der Waals surface area contributed by atoms with Crippen LogP contribution in [-0.4, -0.2) is 29.8 Å². The molecule has 0 atom stereocenters. The van der Waals surface area contributed by atoms with Crippen molar-refractivity contribution in [2.75, 3.05) is 24.5 Å². The van der Waals surface area contributed by atoms with Crippen molar-refractivity contribution in [2.45, 2.75) is 19.3 Å². The molecule has 1 aliphatic rings. The second-order valence-electron chi connectivity index (χ2n) is 4.35. The summed E-state index contributed by atoms with van der Waals surface area (Å²) in [6.07, 6.45) is 3.40. The Hall–Kier alpha value is -0.580. The summed E-state index contributed by atoms with van der Waals surface area (Å²) < 4.78 is 0. The average Bonchev–Trinajstić information content (AvgIpc) is 2.34. The SMILES string of the molecule is NCCC1CCN(c2cc(Cl)nnc2Cl)CC1. The van der Waals surface area contributed by atoms with Gasteiger partial charge in [-0.2, -0.15) is 0 Å². The van der Waals surface area contributed by atoms with Crippen LogP contribution in [0.3, 0.4) is 0 Å². The average molecular weight is 275 g/mol. The summed E-state index contributed by atoms with van der Waals surface area (Å²) in [4.78, 5) is 2.22. The monoisotopic (exact) mass is 274 g/mol. The van der Waals surface area contributed by atoms with Gasteiger partial charge >= 0.3 is 0 Å². The Labute approximate surface area is 111 Å². The minimum atomic E-state index is 0.383. The highest BCUT2D eigenvalue weighted by molar-refractivity contribution is 6.33. The van der Waals surface area contributed by atoms with Crippen LogP contribution in [0.4, 0.5) is 5.69 Å². The Morgan fingerprint density at radius 3 is 2.65 bits per heavy atom. The summed E-state index contributed by atoms with van der Waals surface area (Å²) in [5.74, 6) is 0.736. The lowest BCUT2D eigenvalue weighted by atomic mass is 9.93. The van der Waals surface area contributed by atoms with E-state index in [4.69, 9.17) is 28.9 Å². The van der Waals surface area contributed by atoms with Crippen molar-refractivity contribution in [1.29, 1.82) is 0 Å². The molecule has 1 aliphatic heterocycles. The number of hydrogen-bond acceptors (Lipinski definition) is 4. The first-order valence-electron chi connectivity index (χ1n) is 5.84. The summed E-state index contributed by atoms with van der Waals surface area (Å²) in [7, 11) is 0. The van der Waals surface area contributed by atoms with E-state index in [1.807, 2.05) is 0 Å². The fraction of sp³-hybridized carbons (Fsp3) is 0.636. The van der Waals surface area contributed by atoms with E-state index in [1.54, 1.807) is 6.07 Å². The van der Waals surface area contributed by atoms with Crippen LogP contribution < -0.4 is 10.6 Å². The van der Waals surface area contributed by atoms with Gasteiger partial charge in [0.25, 0.3) is 0 Å². The second kappa shape index (κ2) is 5.85. The van der Waals surface area contributed by atoms with E-state index in [9.17, 15) is 0 Å². The summed E-state index contributed by atoms with van der Waals surface area (Å²) in [6, 6.07) is 1.78.